The van der Waals surface area contributed by atoms with Crippen LogP contribution in [0.2, 0.25) is 5.02 Å². The number of halogens is 1. The minimum atomic E-state index is -0.102. The molecule has 0 aliphatic heterocycles. The summed E-state index contributed by atoms with van der Waals surface area (Å²) in [5.74, 6) is -0.102. The van der Waals surface area contributed by atoms with Crippen molar-refractivity contribution in [3.05, 3.63) is 64.2 Å². The summed E-state index contributed by atoms with van der Waals surface area (Å²) in [4.78, 5) is 12.4. The molecule has 2 aromatic carbocycles. The van der Waals surface area contributed by atoms with Gasteiger partial charge < -0.3 is 10.6 Å². The van der Waals surface area contributed by atoms with Gasteiger partial charge >= 0.3 is 0 Å². The van der Waals surface area contributed by atoms with Crippen LogP contribution in [-0.4, -0.2) is 12.5 Å². The van der Waals surface area contributed by atoms with Gasteiger partial charge in [-0.05, 0) is 37.6 Å². The van der Waals surface area contributed by atoms with Crippen LogP contribution >= 0.6 is 11.6 Å². The molecule has 0 aliphatic rings. The molecule has 0 heterocycles. The molecule has 2 N–H and O–H groups in total. The number of aryl methyl sites for hydroxylation is 1. The van der Waals surface area contributed by atoms with E-state index in [-0.39, 0.29) is 5.91 Å². The third-order valence-electron chi connectivity index (χ3n) is 3.18. The molecule has 0 saturated heterocycles. The summed E-state index contributed by atoms with van der Waals surface area (Å²) in [6, 6.07) is 13.3. The minimum absolute atomic E-state index is 0.102. The van der Waals surface area contributed by atoms with Gasteiger partial charge in [-0.25, -0.2) is 0 Å². The zero-order valence-electron chi connectivity index (χ0n) is 12.2. The van der Waals surface area contributed by atoms with E-state index < -0.39 is 0 Å². The first-order chi connectivity index (χ1) is 10.1. The third kappa shape index (κ3) is 3.99. The number of benzene rings is 2. The molecule has 110 valence electrons. The summed E-state index contributed by atoms with van der Waals surface area (Å²) in [7, 11) is 0. The van der Waals surface area contributed by atoms with Crippen molar-refractivity contribution in [3.8, 4) is 0 Å². The second kappa shape index (κ2) is 7.14. The Morgan fingerprint density at radius 2 is 1.95 bits per heavy atom. The highest BCUT2D eigenvalue weighted by Crippen LogP contribution is 2.18. The Balaban J connectivity index is 2.13. The van der Waals surface area contributed by atoms with Crippen LogP contribution in [0.5, 0.6) is 0 Å². The van der Waals surface area contributed by atoms with E-state index >= 15 is 0 Å². The van der Waals surface area contributed by atoms with E-state index in [9.17, 15) is 4.79 Å². The maximum Gasteiger partial charge on any atom is 0.253 e. The number of hydrogen-bond donors (Lipinski definition) is 2. The zero-order chi connectivity index (χ0) is 15.2. The minimum Gasteiger partial charge on any atom is -0.385 e. The molecule has 4 heteroatoms. The maximum absolute atomic E-state index is 12.4. The fourth-order valence-corrected chi connectivity index (χ4v) is 2.31. The van der Waals surface area contributed by atoms with Crippen LogP contribution < -0.4 is 10.6 Å². The van der Waals surface area contributed by atoms with Crippen LogP contribution in [-0.2, 0) is 6.54 Å². The van der Waals surface area contributed by atoms with E-state index in [0.717, 1.165) is 23.4 Å². The van der Waals surface area contributed by atoms with Gasteiger partial charge in [-0.3, -0.25) is 4.79 Å². The van der Waals surface area contributed by atoms with Gasteiger partial charge in [-0.2, -0.15) is 0 Å². The van der Waals surface area contributed by atoms with Crippen LogP contribution in [0.3, 0.4) is 0 Å². The molecular weight excluding hydrogens is 284 g/mol. The predicted octanol–water partition coefficient (Wildman–Crippen LogP) is 4.01. The normalized spacial score (nSPS) is 10.2. The van der Waals surface area contributed by atoms with Gasteiger partial charge in [0.25, 0.3) is 5.91 Å². The second-order valence-electron chi connectivity index (χ2n) is 4.85. The number of carbonyl (C=O) groups excluding carboxylic acids is 1. The SMILES string of the molecule is CCNc1ccc(C)cc1C(=O)NCc1ccccc1Cl. The summed E-state index contributed by atoms with van der Waals surface area (Å²) in [5, 5.41) is 6.79. The molecule has 1 amide bonds. The van der Waals surface area contributed by atoms with Crippen molar-refractivity contribution in [2.24, 2.45) is 0 Å². The molecule has 0 spiro atoms. The number of carbonyl (C=O) groups is 1. The van der Waals surface area contributed by atoms with Crippen molar-refractivity contribution < 1.29 is 4.79 Å². The molecule has 0 saturated carbocycles. The Morgan fingerprint density at radius 1 is 1.19 bits per heavy atom. The standard InChI is InChI=1S/C17H19ClN2O/c1-3-19-16-9-8-12(2)10-14(16)17(21)20-11-13-6-4-5-7-15(13)18/h4-10,19H,3,11H2,1-2H3,(H,20,21). The van der Waals surface area contributed by atoms with Crippen molar-refractivity contribution >= 4 is 23.2 Å². The Hall–Kier alpha value is -2.00. The molecule has 0 radical (unpaired) electrons. The highest BCUT2D eigenvalue weighted by atomic mass is 35.5. The van der Waals surface area contributed by atoms with Crippen LogP contribution in [0.15, 0.2) is 42.5 Å². The van der Waals surface area contributed by atoms with Crippen LogP contribution in [0.4, 0.5) is 5.69 Å². The average molecular weight is 303 g/mol. The van der Waals surface area contributed by atoms with Crippen molar-refractivity contribution in [1.82, 2.24) is 5.32 Å². The molecule has 2 aromatic rings. The molecule has 21 heavy (non-hydrogen) atoms. The number of nitrogens with one attached hydrogen (secondary N) is 2. The Bertz CT molecular complexity index is 640. The van der Waals surface area contributed by atoms with Gasteiger partial charge in [-0.15, -0.1) is 0 Å². The Kier molecular flexibility index (Phi) is 5.23. The largest absolute Gasteiger partial charge is 0.385 e. The van der Waals surface area contributed by atoms with Gasteiger partial charge in [0.05, 0.1) is 5.56 Å². The van der Waals surface area contributed by atoms with Crippen molar-refractivity contribution in [3.63, 3.8) is 0 Å². The van der Waals surface area contributed by atoms with E-state index in [0.29, 0.717) is 17.1 Å². The van der Waals surface area contributed by atoms with Gasteiger partial charge in [0.15, 0.2) is 0 Å². The topological polar surface area (TPSA) is 41.1 Å². The maximum atomic E-state index is 12.4. The van der Waals surface area contributed by atoms with Crippen molar-refractivity contribution in [2.45, 2.75) is 20.4 Å². The lowest BCUT2D eigenvalue weighted by atomic mass is 10.1. The summed E-state index contributed by atoms with van der Waals surface area (Å²) in [6.07, 6.45) is 0. The molecule has 0 atom stereocenters. The van der Waals surface area contributed by atoms with E-state index in [1.807, 2.05) is 56.3 Å². The number of amides is 1. The highest BCUT2D eigenvalue weighted by Gasteiger charge is 2.11. The molecular formula is C17H19ClN2O. The van der Waals surface area contributed by atoms with Crippen LogP contribution in [0.1, 0.15) is 28.4 Å². The first-order valence-corrected chi connectivity index (χ1v) is 7.35. The summed E-state index contributed by atoms with van der Waals surface area (Å²) in [6.45, 7) is 5.16. The summed E-state index contributed by atoms with van der Waals surface area (Å²) < 4.78 is 0. The van der Waals surface area contributed by atoms with Crippen molar-refractivity contribution in [2.75, 3.05) is 11.9 Å². The quantitative estimate of drug-likeness (QED) is 0.876. The van der Waals surface area contributed by atoms with E-state index in [1.165, 1.54) is 0 Å². The number of hydrogen-bond acceptors (Lipinski definition) is 2. The van der Waals surface area contributed by atoms with E-state index in [2.05, 4.69) is 10.6 Å². The zero-order valence-corrected chi connectivity index (χ0v) is 13.0. The molecule has 2 rings (SSSR count). The van der Waals surface area contributed by atoms with Crippen LogP contribution in [0.25, 0.3) is 0 Å². The summed E-state index contributed by atoms with van der Waals surface area (Å²) >= 11 is 6.10. The highest BCUT2D eigenvalue weighted by molar-refractivity contribution is 6.31. The predicted molar refractivity (Wildman–Crippen MR) is 88.0 cm³/mol. The average Bonchev–Trinajstić information content (AvgIpc) is 2.48. The molecule has 0 fully saturated rings. The Labute approximate surface area is 130 Å². The van der Waals surface area contributed by atoms with Gasteiger partial charge in [0.2, 0.25) is 0 Å². The van der Waals surface area contributed by atoms with Crippen molar-refractivity contribution in [1.29, 1.82) is 0 Å². The molecule has 0 unspecified atom stereocenters. The number of anilines is 1. The fraction of sp³-hybridized carbons (Fsp3) is 0.235. The lowest BCUT2D eigenvalue weighted by Crippen LogP contribution is -2.24. The van der Waals surface area contributed by atoms with E-state index in [4.69, 9.17) is 11.6 Å². The summed E-state index contributed by atoms with van der Waals surface area (Å²) in [5.41, 5.74) is 3.47. The smallest absolute Gasteiger partial charge is 0.253 e. The first kappa shape index (κ1) is 15.4. The molecule has 0 aromatic heterocycles. The van der Waals surface area contributed by atoms with Crippen LogP contribution in [0, 0.1) is 6.92 Å². The lowest BCUT2D eigenvalue weighted by molar-refractivity contribution is 0.0951. The molecule has 3 nitrogen and oxygen atoms in total. The first-order valence-electron chi connectivity index (χ1n) is 6.98. The lowest BCUT2D eigenvalue weighted by Gasteiger charge is -2.12. The fourth-order valence-electron chi connectivity index (χ4n) is 2.10. The van der Waals surface area contributed by atoms with Gasteiger partial charge in [-0.1, -0.05) is 41.4 Å². The van der Waals surface area contributed by atoms with Gasteiger partial charge in [0.1, 0.15) is 0 Å². The molecule has 0 bridgehead atoms. The monoisotopic (exact) mass is 302 g/mol. The second-order valence-corrected chi connectivity index (χ2v) is 5.26. The molecule has 0 aliphatic carbocycles. The van der Waals surface area contributed by atoms with Gasteiger partial charge in [0, 0.05) is 23.8 Å². The third-order valence-corrected chi connectivity index (χ3v) is 3.55. The number of rotatable bonds is 5. The Morgan fingerprint density at radius 3 is 2.67 bits per heavy atom. The van der Waals surface area contributed by atoms with E-state index in [1.54, 1.807) is 0 Å².